The normalized spacial score (nSPS) is 14.3. The fraction of sp³-hybridized carbons (Fsp3) is 0.545. The van der Waals surface area contributed by atoms with E-state index in [0.29, 0.717) is 18.9 Å². The third-order valence-electron chi connectivity index (χ3n) is 2.69. The van der Waals surface area contributed by atoms with Crippen molar-refractivity contribution in [2.24, 2.45) is 5.73 Å². The minimum absolute atomic E-state index is 0.0851. The maximum Gasteiger partial charge on any atom is 0.254 e. The number of nitrogens with two attached hydrogens (primary N) is 2. The van der Waals surface area contributed by atoms with Crippen LogP contribution in [0.15, 0.2) is 6.20 Å². The Kier molecular flexibility index (Phi) is 4.01. The van der Waals surface area contributed by atoms with Gasteiger partial charge in [0.25, 0.3) is 5.91 Å². The molecule has 0 spiro atoms. The van der Waals surface area contributed by atoms with Crippen molar-refractivity contribution in [3.8, 4) is 0 Å². The topological polar surface area (TPSA) is 104 Å². The second kappa shape index (κ2) is 5.09. The molecular weight excluding hydrogens is 220 g/mol. The highest BCUT2D eigenvalue weighted by Gasteiger charge is 2.29. The summed E-state index contributed by atoms with van der Waals surface area (Å²) >= 11 is 0. The number of primary amides is 1. The van der Waals surface area contributed by atoms with E-state index in [1.54, 1.807) is 0 Å². The van der Waals surface area contributed by atoms with Crippen LogP contribution in [-0.4, -0.2) is 22.5 Å². The summed E-state index contributed by atoms with van der Waals surface area (Å²) in [6.45, 7) is 6.30. The number of carbonyl (C=O) groups is 1. The first-order valence-electron chi connectivity index (χ1n) is 5.51. The Morgan fingerprint density at radius 2 is 2.18 bits per heavy atom. The van der Waals surface area contributed by atoms with Gasteiger partial charge >= 0.3 is 0 Å². The summed E-state index contributed by atoms with van der Waals surface area (Å²) in [7, 11) is 0. The summed E-state index contributed by atoms with van der Waals surface area (Å²) in [6.07, 6.45) is 2.04. The largest absolute Gasteiger partial charge is 0.383 e. The van der Waals surface area contributed by atoms with Gasteiger partial charge in [0.05, 0.1) is 5.56 Å². The zero-order valence-electron chi connectivity index (χ0n) is 10.4. The zero-order valence-corrected chi connectivity index (χ0v) is 10.4. The Labute approximate surface area is 100 Å². The van der Waals surface area contributed by atoms with Crippen LogP contribution in [0.25, 0.3) is 0 Å². The molecule has 1 aromatic rings. The molecule has 1 unspecified atom stereocenters. The van der Waals surface area contributed by atoms with Crippen molar-refractivity contribution >= 4 is 11.7 Å². The van der Waals surface area contributed by atoms with Gasteiger partial charge < -0.3 is 16.2 Å². The average Bonchev–Trinajstić information content (AvgIpc) is 2.28. The van der Waals surface area contributed by atoms with Gasteiger partial charge in [-0.15, -0.1) is 0 Å². The molecule has 6 heteroatoms. The number of ether oxygens (including phenoxy) is 1. The predicted octanol–water partition coefficient (Wildman–Crippen LogP) is 0.819. The first-order chi connectivity index (χ1) is 7.94. The van der Waals surface area contributed by atoms with Gasteiger partial charge in [-0.1, -0.05) is 6.92 Å². The van der Waals surface area contributed by atoms with Crippen LogP contribution in [0.5, 0.6) is 0 Å². The average molecular weight is 238 g/mol. The summed E-state index contributed by atoms with van der Waals surface area (Å²) in [4.78, 5) is 19.2. The predicted molar refractivity (Wildman–Crippen MR) is 64.2 cm³/mol. The molecule has 0 saturated carbocycles. The standard InChI is InChI=1S/C11H18N4O2/c1-4-11(3,17-5-2)10-14-6-7(9(13)16)8(12)15-10/h6H,4-5H2,1-3H3,(H2,13,16)(H2,12,14,15). The van der Waals surface area contributed by atoms with E-state index in [1.165, 1.54) is 6.20 Å². The molecule has 0 bridgehead atoms. The van der Waals surface area contributed by atoms with Gasteiger partial charge in [-0.3, -0.25) is 4.79 Å². The smallest absolute Gasteiger partial charge is 0.254 e. The molecule has 1 atom stereocenters. The van der Waals surface area contributed by atoms with Gasteiger partial charge in [0.2, 0.25) is 0 Å². The highest BCUT2D eigenvalue weighted by molar-refractivity contribution is 5.96. The molecule has 0 aliphatic carbocycles. The van der Waals surface area contributed by atoms with E-state index in [-0.39, 0.29) is 11.4 Å². The van der Waals surface area contributed by atoms with Crippen LogP contribution < -0.4 is 11.5 Å². The van der Waals surface area contributed by atoms with Crippen LogP contribution in [-0.2, 0) is 10.3 Å². The van der Waals surface area contributed by atoms with E-state index in [4.69, 9.17) is 16.2 Å². The number of rotatable bonds is 5. The van der Waals surface area contributed by atoms with Crippen molar-refractivity contribution in [3.05, 3.63) is 17.6 Å². The summed E-state index contributed by atoms with van der Waals surface area (Å²) in [5.74, 6) is -0.0881. The molecular formula is C11H18N4O2. The number of nitrogens with zero attached hydrogens (tertiary/aromatic N) is 2. The molecule has 1 aromatic heterocycles. The fourth-order valence-corrected chi connectivity index (χ4v) is 1.48. The maximum atomic E-state index is 11.0. The summed E-state index contributed by atoms with van der Waals surface area (Å²) in [5.41, 5.74) is 10.3. The summed E-state index contributed by atoms with van der Waals surface area (Å²) in [6, 6.07) is 0. The highest BCUT2D eigenvalue weighted by atomic mass is 16.5. The molecule has 0 radical (unpaired) electrons. The molecule has 1 heterocycles. The van der Waals surface area contributed by atoms with Gasteiger partial charge in [0.1, 0.15) is 11.4 Å². The monoisotopic (exact) mass is 238 g/mol. The lowest BCUT2D eigenvalue weighted by molar-refractivity contribution is -0.0389. The second-order valence-electron chi connectivity index (χ2n) is 3.87. The SMILES string of the molecule is CCOC(C)(CC)c1ncc(C(N)=O)c(N)n1. The number of nitrogen functional groups attached to an aromatic ring is 1. The molecule has 94 valence electrons. The van der Waals surface area contributed by atoms with Gasteiger partial charge in [-0.05, 0) is 20.3 Å². The van der Waals surface area contributed by atoms with E-state index in [2.05, 4.69) is 9.97 Å². The van der Waals surface area contributed by atoms with Crippen LogP contribution in [0.1, 0.15) is 43.4 Å². The molecule has 0 aliphatic heterocycles. The Balaban J connectivity index is 3.15. The Morgan fingerprint density at radius 1 is 1.53 bits per heavy atom. The van der Waals surface area contributed by atoms with Crippen molar-refractivity contribution in [3.63, 3.8) is 0 Å². The number of amides is 1. The van der Waals surface area contributed by atoms with Crippen molar-refractivity contribution in [2.75, 3.05) is 12.3 Å². The molecule has 0 aliphatic rings. The second-order valence-corrected chi connectivity index (χ2v) is 3.87. The molecule has 17 heavy (non-hydrogen) atoms. The third kappa shape index (κ3) is 2.71. The number of anilines is 1. The molecule has 0 fully saturated rings. The number of carbonyl (C=O) groups excluding carboxylic acids is 1. The zero-order chi connectivity index (χ0) is 13.1. The third-order valence-corrected chi connectivity index (χ3v) is 2.69. The summed E-state index contributed by atoms with van der Waals surface area (Å²) in [5, 5.41) is 0. The van der Waals surface area contributed by atoms with Crippen molar-refractivity contribution < 1.29 is 9.53 Å². The lowest BCUT2D eigenvalue weighted by Crippen LogP contribution is -2.29. The van der Waals surface area contributed by atoms with Crippen molar-refractivity contribution in [1.82, 2.24) is 9.97 Å². The lowest BCUT2D eigenvalue weighted by atomic mass is 10.0. The Hall–Kier alpha value is -1.69. The highest BCUT2D eigenvalue weighted by Crippen LogP contribution is 2.26. The minimum Gasteiger partial charge on any atom is -0.383 e. The quantitative estimate of drug-likeness (QED) is 0.790. The molecule has 1 amide bonds. The lowest BCUT2D eigenvalue weighted by Gasteiger charge is -2.26. The first kappa shape index (κ1) is 13.4. The number of hydrogen-bond acceptors (Lipinski definition) is 5. The first-order valence-corrected chi connectivity index (χ1v) is 5.51. The van der Waals surface area contributed by atoms with Crippen LogP contribution >= 0.6 is 0 Å². The van der Waals surface area contributed by atoms with E-state index < -0.39 is 11.5 Å². The number of aromatic nitrogens is 2. The maximum absolute atomic E-state index is 11.0. The Bertz CT molecular complexity index is 422. The molecule has 0 saturated heterocycles. The molecule has 6 nitrogen and oxygen atoms in total. The van der Waals surface area contributed by atoms with Gasteiger partial charge in [0, 0.05) is 12.8 Å². The number of hydrogen-bond donors (Lipinski definition) is 2. The van der Waals surface area contributed by atoms with Gasteiger partial charge in [-0.2, -0.15) is 0 Å². The van der Waals surface area contributed by atoms with Crippen molar-refractivity contribution in [1.29, 1.82) is 0 Å². The minimum atomic E-state index is -0.635. The van der Waals surface area contributed by atoms with Crippen LogP contribution in [0.2, 0.25) is 0 Å². The van der Waals surface area contributed by atoms with Crippen molar-refractivity contribution in [2.45, 2.75) is 32.8 Å². The van der Waals surface area contributed by atoms with E-state index in [9.17, 15) is 4.79 Å². The van der Waals surface area contributed by atoms with Gasteiger partial charge in [-0.25, -0.2) is 9.97 Å². The van der Waals surface area contributed by atoms with E-state index in [0.717, 1.165) is 0 Å². The molecule has 1 rings (SSSR count). The molecule has 4 N–H and O–H groups in total. The van der Waals surface area contributed by atoms with E-state index in [1.807, 2.05) is 20.8 Å². The van der Waals surface area contributed by atoms with Crippen LogP contribution in [0.3, 0.4) is 0 Å². The Morgan fingerprint density at radius 3 is 2.59 bits per heavy atom. The summed E-state index contributed by atoms with van der Waals surface area (Å²) < 4.78 is 5.62. The molecule has 0 aromatic carbocycles. The fourth-order valence-electron chi connectivity index (χ4n) is 1.48. The van der Waals surface area contributed by atoms with E-state index >= 15 is 0 Å². The van der Waals surface area contributed by atoms with Crippen LogP contribution in [0, 0.1) is 0 Å². The van der Waals surface area contributed by atoms with Crippen LogP contribution in [0.4, 0.5) is 5.82 Å². The van der Waals surface area contributed by atoms with Gasteiger partial charge in [0.15, 0.2) is 5.82 Å².